The Balaban J connectivity index is 2.66. The first-order chi connectivity index (χ1) is 8.58. The molecule has 3 rings (SSSR count). The minimum Gasteiger partial charge on any atom is -0.507 e. The maximum Gasteiger partial charge on any atom is 0.204 e. The molecule has 1 N–H and O–H groups in total. The number of aryl methyl sites for hydroxylation is 2. The van der Waals surface area contributed by atoms with Gasteiger partial charge >= 0.3 is 0 Å². The summed E-state index contributed by atoms with van der Waals surface area (Å²) < 4.78 is 5.71. The molecule has 0 unspecified atom stereocenters. The van der Waals surface area contributed by atoms with Crippen molar-refractivity contribution in [3.8, 4) is 5.75 Å². The average Bonchev–Trinajstić information content (AvgIpc) is 2.27. The number of phenolic OH excluding ortho intramolecular Hbond substituents is 1. The van der Waals surface area contributed by atoms with Crippen molar-refractivity contribution >= 4 is 21.9 Å². The summed E-state index contributed by atoms with van der Waals surface area (Å²) >= 11 is 0. The van der Waals surface area contributed by atoms with E-state index in [2.05, 4.69) is 0 Å². The van der Waals surface area contributed by atoms with Gasteiger partial charge in [0.15, 0.2) is 0 Å². The molecular weight excluding hydrogens is 228 g/mol. The summed E-state index contributed by atoms with van der Waals surface area (Å²) in [4.78, 5) is 12.4. The number of fused-ring (bicyclic) bond motifs is 2. The van der Waals surface area contributed by atoms with Crippen molar-refractivity contribution < 1.29 is 9.52 Å². The van der Waals surface area contributed by atoms with Gasteiger partial charge in [0.2, 0.25) is 5.43 Å². The minimum atomic E-state index is -0.179. The highest BCUT2D eigenvalue weighted by Crippen LogP contribution is 2.27. The van der Waals surface area contributed by atoms with Crippen molar-refractivity contribution in [3.63, 3.8) is 0 Å². The van der Waals surface area contributed by atoms with Crippen LogP contribution in [0.2, 0.25) is 0 Å². The molecule has 0 spiro atoms. The van der Waals surface area contributed by atoms with Gasteiger partial charge in [-0.05, 0) is 43.2 Å². The third-order valence-corrected chi connectivity index (χ3v) is 3.13. The first kappa shape index (κ1) is 10.8. The second kappa shape index (κ2) is 3.60. The predicted octanol–water partition coefficient (Wildman–Crippen LogP) is 3.27. The molecule has 3 aromatic rings. The maximum absolute atomic E-state index is 12.4. The summed E-state index contributed by atoms with van der Waals surface area (Å²) in [5, 5.41) is 10.7. The Morgan fingerprint density at radius 3 is 2.61 bits per heavy atom. The van der Waals surface area contributed by atoms with E-state index in [1.165, 1.54) is 0 Å². The van der Waals surface area contributed by atoms with Crippen LogP contribution in [0.15, 0.2) is 39.5 Å². The van der Waals surface area contributed by atoms with Gasteiger partial charge < -0.3 is 9.52 Å². The molecule has 0 saturated carbocycles. The number of aromatic hydroxyl groups is 1. The molecule has 0 fully saturated rings. The molecule has 0 aliphatic carbocycles. The molecule has 1 aromatic heterocycles. The van der Waals surface area contributed by atoms with E-state index in [1.54, 1.807) is 18.2 Å². The van der Waals surface area contributed by atoms with Crippen molar-refractivity contribution in [1.82, 2.24) is 0 Å². The molecule has 0 radical (unpaired) electrons. The van der Waals surface area contributed by atoms with Gasteiger partial charge in [-0.25, -0.2) is 0 Å². The van der Waals surface area contributed by atoms with Crippen LogP contribution in [-0.4, -0.2) is 5.11 Å². The third kappa shape index (κ3) is 1.40. The van der Waals surface area contributed by atoms with Crippen LogP contribution in [-0.2, 0) is 0 Å². The zero-order chi connectivity index (χ0) is 12.9. The molecule has 0 saturated heterocycles. The van der Waals surface area contributed by atoms with E-state index in [9.17, 15) is 9.90 Å². The van der Waals surface area contributed by atoms with E-state index >= 15 is 0 Å². The quantitative estimate of drug-likeness (QED) is 0.613. The van der Waals surface area contributed by atoms with Crippen LogP contribution < -0.4 is 5.43 Å². The second-order valence-electron chi connectivity index (χ2n) is 4.54. The van der Waals surface area contributed by atoms with Gasteiger partial charge in [0.1, 0.15) is 22.3 Å². The smallest absolute Gasteiger partial charge is 0.204 e. The van der Waals surface area contributed by atoms with Gasteiger partial charge in [0.05, 0.1) is 5.39 Å². The van der Waals surface area contributed by atoms with Crippen molar-refractivity contribution in [1.29, 1.82) is 0 Å². The van der Waals surface area contributed by atoms with E-state index in [-0.39, 0.29) is 16.6 Å². The fourth-order valence-corrected chi connectivity index (χ4v) is 2.30. The number of phenols is 1. The SMILES string of the molecule is Cc1cc(O)c2c(=O)c3c(C)cccc3oc2c1. The molecule has 0 aliphatic heterocycles. The van der Waals surface area contributed by atoms with Crippen LogP contribution in [0.4, 0.5) is 0 Å². The molecule has 0 amide bonds. The molecule has 2 aromatic carbocycles. The van der Waals surface area contributed by atoms with Crippen LogP contribution >= 0.6 is 0 Å². The first-order valence-corrected chi connectivity index (χ1v) is 5.73. The monoisotopic (exact) mass is 240 g/mol. The molecule has 0 atom stereocenters. The Bertz CT molecular complexity index is 828. The first-order valence-electron chi connectivity index (χ1n) is 5.73. The summed E-state index contributed by atoms with van der Waals surface area (Å²) in [6.45, 7) is 3.70. The fourth-order valence-electron chi connectivity index (χ4n) is 2.30. The van der Waals surface area contributed by atoms with E-state index in [4.69, 9.17) is 4.42 Å². The highest BCUT2D eigenvalue weighted by molar-refractivity contribution is 5.94. The van der Waals surface area contributed by atoms with E-state index in [1.807, 2.05) is 26.0 Å². The van der Waals surface area contributed by atoms with Gasteiger partial charge in [-0.1, -0.05) is 12.1 Å². The molecular formula is C15H12O3. The maximum atomic E-state index is 12.4. The van der Waals surface area contributed by atoms with E-state index in [0.717, 1.165) is 11.1 Å². The highest BCUT2D eigenvalue weighted by Gasteiger charge is 2.13. The van der Waals surface area contributed by atoms with Gasteiger partial charge in [-0.3, -0.25) is 4.79 Å². The van der Waals surface area contributed by atoms with Crippen LogP contribution in [0, 0.1) is 13.8 Å². The number of hydrogen-bond acceptors (Lipinski definition) is 3. The van der Waals surface area contributed by atoms with Crippen LogP contribution in [0.3, 0.4) is 0 Å². The summed E-state index contributed by atoms with van der Waals surface area (Å²) in [6.07, 6.45) is 0. The van der Waals surface area contributed by atoms with Crippen molar-refractivity contribution in [2.45, 2.75) is 13.8 Å². The summed E-state index contributed by atoms with van der Waals surface area (Å²) in [5.74, 6) is -0.0242. The Kier molecular flexibility index (Phi) is 2.17. The van der Waals surface area contributed by atoms with Crippen molar-refractivity contribution in [2.75, 3.05) is 0 Å². The third-order valence-electron chi connectivity index (χ3n) is 3.13. The molecule has 90 valence electrons. The molecule has 3 nitrogen and oxygen atoms in total. The highest BCUT2D eigenvalue weighted by atomic mass is 16.3. The largest absolute Gasteiger partial charge is 0.507 e. The Morgan fingerprint density at radius 1 is 1.06 bits per heavy atom. The van der Waals surface area contributed by atoms with Crippen LogP contribution in [0.25, 0.3) is 21.9 Å². The standard InChI is InChI=1S/C15H12O3/c1-8-6-10(16)14-12(7-8)18-11-5-3-4-9(2)13(11)15(14)17/h3-7,16H,1-2H3. The zero-order valence-electron chi connectivity index (χ0n) is 10.2. The van der Waals surface area contributed by atoms with E-state index in [0.29, 0.717) is 16.6 Å². The summed E-state index contributed by atoms with van der Waals surface area (Å²) in [6, 6.07) is 8.81. The van der Waals surface area contributed by atoms with Crippen molar-refractivity contribution in [2.24, 2.45) is 0 Å². The Morgan fingerprint density at radius 2 is 1.83 bits per heavy atom. The fraction of sp³-hybridized carbons (Fsp3) is 0.133. The predicted molar refractivity (Wildman–Crippen MR) is 71.1 cm³/mol. The number of hydrogen-bond donors (Lipinski definition) is 1. The van der Waals surface area contributed by atoms with Crippen molar-refractivity contribution in [3.05, 3.63) is 51.7 Å². The van der Waals surface area contributed by atoms with E-state index < -0.39 is 0 Å². The van der Waals surface area contributed by atoms with Crippen LogP contribution in [0.5, 0.6) is 5.75 Å². The molecule has 0 aliphatic rings. The lowest BCUT2D eigenvalue weighted by molar-refractivity contribution is 0.480. The van der Waals surface area contributed by atoms with Gasteiger partial charge in [-0.2, -0.15) is 0 Å². The number of rotatable bonds is 0. The Labute approximate surface area is 103 Å². The lowest BCUT2D eigenvalue weighted by Crippen LogP contribution is -2.04. The molecule has 18 heavy (non-hydrogen) atoms. The van der Waals surface area contributed by atoms with Gasteiger partial charge in [-0.15, -0.1) is 0 Å². The molecule has 1 heterocycles. The van der Waals surface area contributed by atoms with Crippen LogP contribution in [0.1, 0.15) is 11.1 Å². The average molecular weight is 240 g/mol. The Hall–Kier alpha value is -2.29. The number of benzene rings is 2. The normalized spacial score (nSPS) is 11.2. The summed E-state index contributed by atoms with van der Waals surface area (Å²) in [7, 11) is 0. The topological polar surface area (TPSA) is 50.4 Å². The lowest BCUT2D eigenvalue weighted by atomic mass is 10.1. The van der Waals surface area contributed by atoms with Gasteiger partial charge in [0.25, 0.3) is 0 Å². The minimum absolute atomic E-state index is 0.0242. The molecule has 3 heteroatoms. The molecule has 0 bridgehead atoms. The van der Waals surface area contributed by atoms with Gasteiger partial charge in [0, 0.05) is 0 Å². The second-order valence-corrected chi connectivity index (χ2v) is 4.54. The lowest BCUT2D eigenvalue weighted by Gasteiger charge is -2.05. The zero-order valence-corrected chi connectivity index (χ0v) is 10.2. The summed E-state index contributed by atoms with van der Waals surface area (Å²) in [5.41, 5.74) is 2.51.